The fourth-order valence-corrected chi connectivity index (χ4v) is 3.70. The number of hydrogen-bond acceptors (Lipinski definition) is 3. The van der Waals surface area contributed by atoms with E-state index in [1.165, 1.54) is 0 Å². The third-order valence-corrected chi connectivity index (χ3v) is 5.29. The molecular weight excluding hydrogens is 302 g/mol. The molecule has 0 bridgehead atoms. The van der Waals surface area contributed by atoms with E-state index in [0.29, 0.717) is 13.1 Å². The molecule has 3 atom stereocenters. The zero-order valence-corrected chi connectivity index (χ0v) is 13.8. The van der Waals surface area contributed by atoms with Crippen molar-refractivity contribution in [3.05, 3.63) is 71.8 Å². The van der Waals surface area contributed by atoms with Crippen LogP contribution in [0, 0.1) is 5.92 Å². The molecule has 4 heteroatoms. The van der Waals surface area contributed by atoms with Crippen LogP contribution in [-0.4, -0.2) is 40.8 Å². The van der Waals surface area contributed by atoms with Crippen LogP contribution in [0.5, 0.6) is 0 Å². The summed E-state index contributed by atoms with van der Waals surface area (Å²) in [4.78, 5) is 14.1. The molecule has 1 heterocycles. The fraction of sp³-hybridized carbons (Fsp3) is 0.350. The maximum atomic E-state index is 12.1. The molecule has 1 aliphatic rings. The maximum absolute atomic E-state index is 12.1. The lowest BCUT2D eigenvalue weighted by molar-refractivity contribution is -0.150. The number of carbonyl (C=O) groups is 1. The lowest BCUT2D eigenvalue weighted by Gasteiger charge is -2.35. The lowest BCUT2D eigenvalue weighted by atomic mass is 9.89. The van der Waals surface area contributed by atoms with E-state index in [1.54, 1.807) is 6.92 Å². The molecule has 1 aliphatic heterocycles. The Bertz CT molecular complexity index is 689. The molecular formula is C20H23NO3. The summed E-state index contributed by atoms with van der Waals surface area (Å²) in [6, 6.07) is 19.4. The Balaban J connectivity index is 1.95. The van der Waals surface area contributed by atoms with E-state index in [9.17, 15) is 15.0 Å². The minimum atomic E-state index is -1.10. The smallest absolute Gasteiger partial charge is 0.328 e. The highest BCUT2D eigenvalue weighted by Crippen LogP contribution is 2.40. The SMILES string of the molecule is C[C@](C(=O)O)(c1ccccc1)N1C[C@@H](CO)[C@@H](c2ccccc2)C1. The first kappa shape index (κ1) is 16.7. The normalized spacial score (nSPS) is 23.8. The molecule has 0 aromatic heterocycles. The number of carboxylic acid groups (broad SMARTS) is 1. The van der Waals surface area contributed by atoms with Gasteiger partial charge in [-0.05, 0) is 18.1 Å². The third-order valence-electron chi connectivity index (χ3n) is 5.29. The van der Waals surface area contributed by atoms with Crippen molar-refractivity contribution in [1.29, 1.82) is 0 Å². The molecule has 0 unspecified atom stereocenters. The highest BCUT2D eigenvalue weighted by atomic mass is 16.4. The minimum absolute atomic E-state index is 0.0368. The van der Waals surface area contributed by atoms with E-state index >= 15 is 0 Å². The quantitative estimate of drug-likeness (QED) is 0.887. The summed E-state index contributed by atoms with van der Waals surface area (Å²) in [5.74, 6) is -0.688. The number of likely N-dealkylation sites (tertiary alicyclic amines) is 1. The molecule has 2 aromatic carbocycles. The Morgan fingerprint density at radius 3 is 2.21 bits per heavy atom. The predicted octanol–water partition coefficient (Wildman–Crippen LogP) is 2.69. The number of aliphatic hydroxyl groups excluding tert-OH is 1. The van der Waals surface area contributed by atoms with Gasteiger partial charge in [-0.25, -0.2) is 4.79 Å². The van der Waals surface area contributed by atoms with Crippen molar-refractivity contribution >= 4 is 5.97 Å². The van der Waals surface area contributed by atoms with Crippen LogP contribution >= 0.6 is 0 Å². The maximum Gasteiger partial charge on any atom is 0.328 e. The number of nitrogens with zero attached hydrogens (tertiary/aromatic N) is 1. The Kier molecular flexibility index (Phi) is 4.69. The van der Waals surface area contributed by atoms with Crippen LogP contribution in [0.25, 0.3) is 0 Å². The van der Waals surface area contributed by atoms with Crippen molar-refractivity contribution in [3.63, 3.8) is 0 Å². The number of hydrogen-bond donors (Lipinski definition) is 2. The average Bonchev–Trinajstić information content (AvgIpc) is 3.07. The van der Waals surface area contributed by atoms with Gasteiger partial charge in [-0.2, -0.15) is 0 Å². The molecule has 3 rings (SSSR count). The van der Waals surface area contributed by atoms with Crippen molar-refractivity contribution in [1.82, 2.24) is 4.90 Å². The van der Waals surface area contributed by atoms with Gasteiger partial charge in [0.05, 0.1) is 0 Å². The van der Waals surface area contributed by atoms with Gasteiger partial charge in [0.25, 0.3) is 0 Å². The Morgan fingerprint density at radius 1 is 1.08 bits per heavy atom. The molecule has 1 saturated heterocycles. The molecule has 24 heavy (non-hydrogen) atoms. The lowest BCUT2D eigenvalue weighted by Crippen LogP contribution is -2.49. The monoisotopic (exact) mass is 325 g/mol. The first-order valence-corrected chi connectivity index (χ1v) is 8.27. The van der Waals surface area contributed by atoms with Gasteiger partial charge in [-0.3, -0.25) is 4.90 Å². The zero-order valence-electron chi connectivity index (χ0n) is 13.8. The van der Waals surface area contributed by atoms with Gasteiger partial charge in [0, 0.05) is 31.5 Å². The number of rotatable bonds is 5. The standard InChI is InChI=1S/C20H23NO3/c1-20(19(23)24,17-10-6-3-7-11-17)21-12-16(14-22)18(13-21)15-8-4-2-5-9-15/h2-11,16,18,22H,12-14H2,1H3,(H,23,24)/t16-,18+,20+/m0/s1. The molecule has 1 fully saturated rings. The molecule has 0 amide bonds. The molecule has 0 aliphatic carbocycles. The van der Waals surface area contributed by atoms with Gasteiger partial charge in [0.15, 0.2) is 0 Å². The summed E-state index contributed by atoms with van der Waals surface area (Å²) >= 11 is 0. The van der Waals surface area contributed by atoms with Crippen LogP contribution in [0.15, 0.2) is 60.7 Å². The first-order valence-electron chi connectivity index (χ1n) is 8.27. The summed E-state index contributed by atoms with van der Waals surface area (Å²) in [6.07, 6.45) is 0. The fourth-order valence-electron chi connectivity index (χ4n) is 3.70. The van der Waals surface area contributed by atoms with Crippen molar-refractivity contribution in [2.75, 3.05) is 19.7 Å². The second-order valence-electron chi connectivity index (χ2n) is 6.61. The molecule has 4 nitrogen and oxygen atoms in total. The predicted molar refractivity (Wildman–Crippen MR) is 92.8 cm³/mol. The highest BCUT2D eigenvalue weighted by molar-refractivity contribution is 5.80. The number of carboxylic acids is 1. The Morgan fingerprint density at radius 2 is 1.67 bits per heavy atom. The van der Waals surface area contributed by atoms with Crippen LogP contribution < -0.4 is 0 Å². The molecule has 0 radical (unpaired) electrons. The van der Waals surface area contributed by atoms with Crippen LogP contribution in [0.2, 0.25) is 0 Å². The van der Waals surface area contributed by atoms with Crippen LogP contribution in [0.1, 0.15) is 24.0 Å². The number of benzene rings is 2. The van der Waals surface area contributed by atoms with E-state index in [2.05, 4.69) is 12.1 Å². The first-order chi connectivity index (χ1) is 11.6. The average molecular weight is 325 g/mol. The number of aliphatic carboxylic acids is 1. The summed E-state index contributed by atoms with van der Waals surface area (Å²) in [5.41, 5.74) is 0.820. The summed E-state index contributed by atoms with van der Waals surface area (Å²) in [5, 5.41) is 19.8. The summed E-state index contributed by atoms with van der Waals surface area (Å²) in [6.45, 7) is 2.99. The van der Waals surface area contributed by atoms with Crippen molar-refractivity contribution < 1.29 is 15.0 Å². The van der Waals surface area contributed by atoms with Gasteiger partial charge in [0.2, 0.25) is 0 Å². The van der Waals surface area contributed by atoms with E-state index in [-0.39, 0.29) is 18.4 Å². The van der Waals surface area contributed by atoms with Gasteiger partial charge >= 0.3 is 5.97 Å². The minimum Gasteiger partial charge on any atom is -0.480 e. The summed E-state index contributed by atoms with van der Waals surface area (Å²) < 4.78 is 0. The Hall–Kier alpha value is -2.17. The topological polar surface area (TPSA) is 60.8 Å². The van der Waals surface area contributed by atoms with Gasteiger partial charge < -0.3 is 10.2 Å². The number of aliphatic hydroxyl groups is 1. The molecule has 0 spiro atoms. The van der Waals surface area contributed by atoms with Gasteiger partial charge in [-0.15, -0.1) is 0 Å². The van der Waals surface area contributed by atoms with Crippen LogP contribution in [-0.2, 0) is 10.3 Å². The highest BCUT2D eigenvalue weighted by Gasteiger charge is 2.47. The zero-order chi connectivity index (χ0) is 17.2. The van der Waals surface area contributed by atoms with Crippen molar-refractivity contribution in [3.8, 4) is 0 Å². The van der Waals surface area contributed by atoms with Gasteiger partial charge in [0.1, 0.15) is 5.54 Å². The van der Waals surface area contributed by atoms with Crippen molar-refractivity contribution in [2.24, 2.45) is 5.92 Å². The van der Waals surface area contributed by atoms with Crippen molar-refractivity contribution in [2.45, 2.75) is 18.4 Å². The molecule has 2 N–H and O–H groups in total. The molecule has 126 valence electrons. The molecule has 0 saturated carbocycles. The van der Waals surface area contributed by atoms with Gasteiger partial charge in [-0.1, -0.05) is 60.7 Å². The van der Waals surface area contributed by atoms with E-state index < -0.39 is 11.5 Å². The second-order valence-corrected chi connectivity index (χ2v) is 6.61. The van der Waals surface area contributed by atoms with Crippen LogP contribution in [0.3, 0.4) is 0 Å². The van der Waals surface area contributed by atoms with E-state index in [1.807, 2.05) is 53.4 Å². The Labute approximate surface area is 142 Å². The van der Waals surface area contributed by atoms with Crippen LogP contribution in [0.4, 0.5) is 0 Å². The van der Waals surface area contributed by atoms with E-state index in [4.69, 9.17) is 0 Å². The second kappa shape index (κ2) is 6.75. The van der Waals surface area contributed by atoms with E-state index in [0.717, 1.165) is 11.1 Å². The molecule has 2 aromatic rings. The third kappa shape index (κ3) is 2.83. The summed E-state index contributed by atoms with van der Waals surface area (Å²) in [7, 11) is 0. The largest absolute Gasteiger partial charge is 0.480 e.